The van der Waals surface area contributed by atoms with Crippen molar-refractivity contribution in [3.63, 3.8) is 0 Å². The highest BCUT2D eigenvalue weighted by Crippen LogP contribution is 2.40. The smallest absolute Gasteiger partial charge is 0.162 e. The Labute approximate surface area is 117 Å². The number of aliphatic hydroxyl groups excluding tert-OH is 1. The summed E-state index contributed by atoms with van der Waals surface area (Å²) in [4.78, 5) is 0. The van der Waals surface area contributed by atoms with Crippen molar-refractivity contribution in [2.24, 2.45) is 5.92 Å². The quantitative estimate of drug-likeness (QED) is 0.808. The highest BCUT2D eigenvalue weighted by molar-refractivity contribution is 5.24. The van der Waals surface area contributed by atoms with Crippen LogP contribution in [0.4, 0.5) is 8.78 Å². The molecule has 2 N–H and O–H groups in total. The second-order valence-electron chi connectivity index (χ2n) is 5.75. The molecule has 0 radical (unpaired) electrons. The monoisotopic (exact) mass is 285 g/mol. The van der Waals surface area contributed by atoms with E-state index in [2.05, 4.69) is 5.32 Å². The second-order valence-corrected chi connectivity index (χ2v) is 5.75. The van der Waals surface area contributed by atoms with Crippen LogP contribution in [0.25, 0.3) is 0 Å². The Bertz CT molecular complexity index is 463. The molecule has 0 heterocycles. The standard InChI is InChI=1S/C15H21F2NO2/c1-10(2)18-15(8-19,11-3-4-11)9-20-12-5-6-13(16)14(17)7-12/h5-7,10-11,18-19H,3-4,8-9H2,1-2H3. The molecule has 5 heteroatoms. The van der Waals surface area contributed by atoms with Gasteiger partial charge >= 0.3 is 0 Å². The number of ether oxygens (including phenoxy) is 1. The molecule has 1 aromatic carbocycles. The fourth-order valence-corrected chi connectivity index (χ4v) is 2.49. The summed E-state index contributed by atoms with van der Waals surface area (Å²) in [5, 5.41) is 13.1. The van der Waals surface area contributed by atoms with Gasteiger partial charge in [-0.25, -0.2) is 8.78 Å². The number of benzene rings is 1. The molecule has 1 unspecified atom stereocenters. The van der Waals surface area contributed by atoms with Gasteiger partial charge in [0.05, 0.1) is 12.1 Å². The molecule has 1 saturated carbocycles. The molecule has 2 rings (SSSR count). The molecule has 1 aliphatic carbocycles. The lowest BCUT2D eigenvalue weighted by molar-refractivity contribution is 0.0776. The van der Waals surface area contributed by atoms with E-state index in [1.165, 1.54) is 6.07 Å². The van der Waals surface area contributed by atoms with Gasteiger partial charge in [-0.2, -0.15) is 0 Å². The lowest BCUT2D eigenvalue weighted by Gasteiger charge is -2.35. The first-order valence-electron chi connectivity index (χ1n) is 6.93. The average molecular weight is 285 g/mol. The Morgan fingerprint density at radius 3 is 2.55 bits per heavy atom. The van der Waals surface area contributed by atoms with Gasteiger partial charge in [0.2, 0.25) is 0 Å². The fraction of sp³-hybridized carbons (Fsp3) is 0.600. The van der Waals surface area contributed by atoms with E-state index in [1.807, 2.05) is 13.8 Å². The van der Waals surface area contributed by atoms with Gasteiger partial charge in [0.1, 0.15) is 12.4 Å². The summed E-state index contributed by atoms with van der Waals surface area (Å²) in [6.07, 6.45) is 2.09. The van der Waals surface area contributed by atoms with Crippen LogP contribution in [-0.4, -0.2) is 29.9 Å². The Kier molecular flexibility index (Phi) is 4.60. The van der Waals surface area contributed by atoms with Gasteiger partial charge in [0.25, 0.3) is 0 Å². The van der Waals surface area contributed by atoms with E-state index in [0.717, 1.165) is 25.0 Å². The summed E-state index contributed by atoms with van der Waals surface area (Å²) in [7, 11) is 0. The molecule has 0 aromatic heterocycles. The fourth-order valence-electron chi connectivity index (χ4n) is 2.49. The minimum absolute atomic E-state index is 0.0421. The van der Waals surface area contributed by atoms with E-state index in [4.69, 9.17) is 4.74 Å². The molecule has 1 fully saturated rings. The third kappa shape index (κ3) is 3.46. The van der Waals surface area contributed by atoms with Crippen LogP contribution in [0, 0.1) is 17.6 Å². The number of hydrogen-bond acceptors (Lipinski definition) is 3. The molecule has 1 aromatic rings. The molecule has 20 heavy (non-hydrogen) atoms. The summed E-state index contributed by atoms with van der Waals surface area (Å²) in [5.41, 5.74) is -0.515. The number of rotatable bonds is 7. The van der Waals surface area contributed by atoms with Gasteiger partial charge in [-0.05, 0) is 30.9 Å². The van der Waals surface area contributed by atoms with Crippen molar-refractivity contribution >= 4 is 0 Å². The van der Waals surface area contributed by atoms with E-state index in [9.17, 15) is 13.9 Å². The molecule has 112 valence electrons. The summed E-state index contributed by atoms with van der Waals surface area (Å²) < 4.78 is 31.6. The van der Waals surface area contributed by atoms with Crippen molar-refractivity contribution in [3.8, 4) is 5.75 Å². The summed E-state index contributed by atoms with van der Waals surface area (Å²) in [5.74, 6) is -1.19. The van der Waals surface area contributed by atoms with Crippen LogP contribution in [-0.2, 0) is 0 Å². The van der Waals surface area contributed by atoms with Gasteiger partial charge in [-0.1, -0.05) is 13.8 Å². The third-order valence-corrected chi connectivity index (χ3v) is 3.60. The average Bonchev–Trinajstić information content (AvgIpc) is 3.23. The first-order valence-corrected chi connectivity index (χ1v) is 6.93. The maximum absolute atomic E-state index is 13.1. The molecule has 0 aliphatic heterocycles. The zero-order valence-corrected chi connectivity index (χ0v) is 11.8. The lowest BCUT2D eigenvalue weighted by Crippen LogP contribution is -2.57. The van der Waals surface area contributed by atoms with Crippen molar-refractivity contribution in [3.05, 3.63) is 29.8 Å². The van der Waals surface area contributed by atoms with Gasteiger partial charge < -0.3 is 15.2 Å². The van der Waals surface area contributed by atoms with Gasteiger partial charge in [-0.15, -0.1) is 0 Å². The van der Waals surface area contributed by atoms with Gasteiger partial charge in [-0.3, -0.25) is 0 Å². The minimum Gasteiger partial charge on any atom is -0.491 e. The maximum atomic E-state index is 13.1. The predicted octanol–water partition coefficient (Wildman–Crippen LogP) is 2.48. The number of nitrogens with one attached hydrogen (secondary N) is 1. The summed E-state index contributed by atoms with van der Waals surface area (Å²) >= 11 is 0. The van der Waals surface area contributed by atoms with Crippen molar-refractivity contribution < 1.29 is 18.6 Å². The van der Waals surface area contributed by atoms with E-state index < -0.39 is 17.2 Å². The highest BCUT2D eigenvalue weighted by Gasteiger charge is 2.45. The third-order valence-electron chi connectivity index (χ3n) is 3.60. The first kappa shape index (κ1) is 15.2. The van der Waals surface area contributed by atoms with E-state index in [-0.39, 0.29) is 25.0 Å². The van der Waals surface area contributed by atoms with Gasteiger partial charge in [0, 0.05) is 12.1 Å². The Hall–Kier alpha value is -1.20. The predicted molar refractivity (Wildman–Crippen MR) is 72.7 cm³/mol. The first-order chi connectivity index (χ1) is 9.47. The van der Waals surface area contributed by atoms with Crippen LogP contribution in [0.1, 0.15) is 26.7 Å². The van der Waals surface area contributed by atoms with Crippen LogP contribution in [0.15, 0.2) is 18.2 Å². The summed E-state index contributed by atoms with van der Waals surface area (Å²) in [6.45, 7) is 4.20. The van der Waals surface area contributed by atoms with E-state index in [1.54, 1.807) is 0 Å². The van der Waals surface area contributed by atoms with Crippen LogP contribution in [0.5, 0.6) is 5.75 Å². The van der Waals surface area contributed by atoms with E-state index in [0.29, 0.717) is 5.92 Å². The molecule has 3 nitrogen and oxygen atoms in total. The molecule has 1 atom stereocenters. The highest BCUT2D eigenvalue weighted by atomic mass is 19.2. The van der Waals surface area contributed by atoms with Gasteiger partial charge in [0.15, 0.2) is 11.6 Å². The molecule has 0 saturated heterocycles. The summed E-state index contributed by atoms with van der Waals surface area (Å²) in [6, 6.07) is 3.66. The lowest BCUT2D eigenvalue weighted by atomic mass is 9.94. The SMILES string of the molecule is CC(C)NC(CO)(COc1ccc(F)c(F)c1)C1CC1. The normalized spacial score (nSPS) is 18.1. The Balaban J connectivity index is 2.06. The van der Waals surface area contributed by atoms with Crippen molar-refractivity contribution in [2.75, 3.05) is 13.2 Å². The minimum atomic E-state index is -0.930. The molecule has 1 aliphatic rings. The molecular formula is C15H21F2NO2. The van der Waals surface area contributed by atoms with Crippen molar-refractivity contribution in [1.82, 2.24) is 5.32 Å². The Morgan fingerprint density at radius 1 is 1.35 bits per heavy atom. The number of hydrogen-bond donors (Lipinski definition) is 2. The van der Waals surface area contributed by atoms with Crippen molar-refractivity contribution in [1.29, 1.82) is 0 Å². The topological polar surface area (TPSA) is 41.5 Å². The maximum Gasteiger partial charge on any atom is 0.162 e. The molecular weight excluding hydrogens is 264 g/mol. The molecule has 0 spiro atoms. The zero-order valence-electron chi connectivity index (χ0n) is 11.8. The zero-order chi connectivity index (χ0) is 14.8. The number of aliphatic hydroxyl groups is 1. The van der Waals surface area contributed by atoms with Crippen LogP contribution >= 0.6 is 0 Å². The Morgan fingerprint density at radius 2 is 2.05 bits per heavy atom. The van der Waals surface area contributed by atoms with Crippen LogP contribution in [0.2, 0.25) is 0 Å². The largest absolute Gasteiger partial charge is 0.491 e. The molecule has 0 amide bonds. The van der Waals surface area contributed by atoms with Crippen LogP contribution in [0.3, 0.4) is 0 Å². The van der Waals surface area contributed by atoms with Crippen molar-refractivity contribution in [2.45, 2.75) is 38.3 Å². The second kappa shape index (κ2) is 6.06. The molecule has 0 bridgehead atoms. The van der Waals surface area contributed by atoms with E-state index >= 15 is 0 Å². The van der Waals surface area contributed by atoms with Crippen LogP contribution < -0.4 is 10.1 Å². The number of halogens is 2.